The van der Waals surface area contributed by atoms with Crippen LogP contribution >= 0.6 is 0 Å². The zero-order chi connectivity index (χ0) is 17.4. The van der Waals surface area contributed by atoms with E-state index in [1.807, 2.05) is 14.0 Å². The first kappa shape index (κ1) is 17.7. The molecule has 0 radical (unpaired) electrons. The highest BCUT2D eigenvalue weighted by Crippen LogP contribution is 2.31. The fourth-order valence-electron chi connectivity index (χ4n) is 3.12. The number of carbonyl (C=O) groups excluding carboxylic acids is 1. The summed E-state index contributed by atoms with van der Waals surface area (Å²) in [6.45, 7) is 3.65. The second-order valence-corrected chi connectivity index (χ2v) is 6.20. The Kier molecular flexibility index (Phi) is 4.98. The SMILES string of the molecule is CC1CN(C)CCC1N(C)C(=O)c1ccc(C(F)(F)F)cc1F. The quantitative estimate of drug-likeness (QED) is 0.776. The van der Waals surface area contributed by atoms with Crippen LogP contribution in [0.4, 0.5) is 17.6 Å². The van der Waals surface area contributed by atoms with E-state index in [0.717, 1.165) is 31.6 Å². The summed E-state index contributed by atoms with van der Waals surface area (Å²) in [5, 5.41) is 0. The van der Waals surface area contributed by atoms with Gasteiger partial charge in [0, 0.05) is 19.6 Å². The van der Waals surface area contributed by atoms with E-state index in [2.05, 4.69) is 4.90 Å². The molecule has 1 fully saturated rings. The Morgan fingerprint density at radius 1 is 1.35 bits per heavy atom. The summed E-state index contributed by atoms with van der Waals surface area (Å²) >= 11 is 0. The number of rotatable bonds is 2. The number of benzene rings is 1. The smallest absolute Gasteiger partial charge is 0.338 e. The average molecular weight is 332 g/mol. The van der Waals surface area contributed by atoms with Gasteiger partial charge >= 0.3 is 6.18 Å². The Morgan fingerprint density at radius 3 is 2.52 bits per heavy atom. The van der Waals surface area contributed by atoms with E-state index in [1.165, 1.54) is 4.90 Å². The molecule has 0 aromatic heterocycles. The highest BCUT2D eigenvalue weighted by atomic mass is 19.4. The fourth-order valence-corrected chi connectivity index (χ4v) is 3.12. The Labute approximate surface area is 132 Å². The molecule has 3 nitrogen and oxygen atoms in total. The van der Waals surface area contributed by atoms with Gasteiger partial charge in [0.2, 0.25) is 0 Å². The highest BCUT2D eigenvalue weighted by molar-refractivity contribution is 5.94. The Balaban J connectivity index is 2.20. The van der Waals surface area contributed by atoms with Crippen LogP contribution in [0.15, 0.2) is 18.2 Å². The van der Waals surface area contributed by atoms with E-state index in [0.29, 0.717) is 6.07 Å². The zero-order valence-corrected chi connectivity index (χ0v) is 13.3. The van der Waals surface area contributed by atoms with Crippen molar-refractivity contribution in [3.8, 4) is 0 Å². The number of nitrogens with zero attached hydrogens (tertiary/aromatic N) is 2. The summed E-state index contributed by atoms with van der Waals surface area (Å²) in [6, 6.07) is 1.97. The minimum Gasteiger partial charge on any atom is -0.338 e. The number of hydrogen-bond acceptors (Lipinski definition) is 2. The molecule has 128 valence electrons. The summed E-state index contributed by atoms with van der Waals surface area (Å²) in [5.41, 5.74) is -1.42. The van der Waals surface area contributed by atoms with Gasteiger partial charge < -0.3 is 9.80 Å². The Hall–Kier alpha value is -1.63. The van der Waals surface area contributed by atoms with E-state index in [-0.39, 0.29) is 17.5 Å². The third kappa shape index (κ3) is 3.83. The van der Waals surface area contributed by atoms with Crippen LogP contribution in [0.5, 0.6) is 0 Å². The molecule has 1 heterocycles. The normalized spacial score (nSPS) is 22.9. The van der Waals surface area contributed by atoms with Crippen LogP contribution in [-0.2, 0) is 6.18 Å². The maximum absolute atomic E-state index is 14.0. The molecule has 2 unspecified atom stereocenters. The van der Waals surface area contributed by atoms with Crippen LogP contribution in [0.3, 0.4) is 0 Å². The number of alkyl halides is 3. The molecule has 1 aromatic rings. The van der Waals surface area contributed by atoms with Crippen LogP contribution in [0.2, 0.25) is 0 Å². The van der Waals surface area contributed by atoms with Crippen LogP contribution in [0.1, 0.15) is 29.3 Å². The zero-order valence-electron chi connectivity index (χ0n) is 13.3. The molecule has 23 heavy (non-hydrogen) atoms. The van der Waals surface area contributed by atoms with Gasteiger partial charge in [0.15, 0.2) is 0 Å². The first-order chi connectivity index (χ1) is 10.6. The maximum Gasteiger partial charge on any atom is 0.416 e. The van der Waals surface area contributed by atoms with Gasteiger partial charge in [0.25, 0.3) is 5.91 Å². The standard InChI is InChI=1S/C16H20F4N2O/c1-10-9-21(2)7-6-14(10)22(3)15(23)12-5-4-11(8-13(12)17)16(18,19)20/h4-5,8,10,14H,6-7,9H2,1-3H3. The number of likely N-dealkylation sites (tertiary alicyclic amines) is 1. The van der Waals surface area contributed by atoms with Crippen molar-refractivity contribution in [3.05, 3.63) is 35.1 Å². The van der Waals surface area contributed by atoms with Gasteiger partial charge in [-0.3, -0.25) is 4.79 Å². The third-order valence-electron chi connectivity index (χ3n) is 4.41. The molecule has 1 aliphatic heterocycles. The lowest BCUT2D eigenvalue weighted by Gasteiger charge is -2.40. The Morgan fingerprint density at radius 2 is 2.00 bits per heavy atom. The monoisotopic (exact) mass is 332 g/mol. The lowest BCUT2D eigenvalue weighted by atomic mass is 9.92. The number of carbonyl (C=O) groups is 1. The van der Waals surface area contributed by atoms with Crippen molar-refractivity contribution in [3.63, 3.8) is 0 Å². The summed E-state index contributed by atoms with van der Waals surface area (Å²) in [5.74, 6) is -1.52. The van der Waals surface area contributed by atoms with Gasteiger partial charge in [-0.15, -0.1) is 0 Å². The average Bonchev–Trinajstić information content (AvgIpc) is 2.45. The molecule has 2 rings (SSSR count). The van der Waals surface area contributed by atoms with Crippen LogP contribution in [0, 0.1) is 11.7 Å². The van der Waals surface area contributed by atoms with Crippen molar-refractivity contribution in [1.82, 2.24) is 9.80 Å². The molecular weight excluding hydrogens is 312 g/mol. The van der Waals surface area contributed by atoms with Crippen molar-refractivity contribution in [2.45, 2.75) is 25.6 Å². The number of halogens is 4. The van der Waals surface area contributed by atoms with Crippen LogP contribution in [0.25, 0.3) is 0 Å². The topological polar surface area (TPSA) is 23.6 Å². The molecule has 0 bridgehead atoms. The van der Waals surface area contributed by atoms with E-state index in [1.54, 1.807) is 7.05 Å². The van der Waals surface area contributed by atoms with E-state index >= 15 is 0 Å². The number of hydrogen-bond donors (Lipinski definition) is 0. The first-order valence-corrected chi connectivity index (χ1v) is 7.43. The van der Waals surface area contributed by atoms with Crippen LogP contribution in [-0.4, -0.2) is 48.9 Å². The first-order valence-electron chi connectivity index (χ1n) is 7.43. The summed E-state index contributed by atoms with van der Waals surface area (Å²) < 4.78 is 51.7. The van der Waals surface area contributed by atoms with Crippen molar-refractivity contribution in [2.75, 3.05) is 27.2 Å². The lowest BCUT2D eigenvalue weighted by molar-refractivity contribution is -0.137. The van der Waals surface area contributed by atoms with Crippen LogP contribution < -0.4 is 0 Å². The van der Waals surface area contributed by atoms with E-state index < -0.39 is 23.5 Å². The summed E-state index contributed by atoms with van der Waals surface area (Å²) in [7, 11) is 3.57. The predicted molar refractivity (Wildman–Crippen MR) is 78.6 cm³/mol. The maximum atomic E-state index is 14.0. The number of piperidine rings is 1. The summed E-state index contributed by atoms with van der Waals surface area (Å²) in [4.78, 5) is 16.0. The van der Waals surface area contributed by atoms with Crippen molar-refractivity contribution in [1.29, 1.82) is 0 Å². The third-order valence-corrected chi connectivity index (χ3v) is 4.41. The van der Waals surface area contributed by atoms with Gasteiger partial charge in [-0.25, -0.2) is 4.39 Å². The molecule has 0 N–H and O–H groups in total. The number of amides is 1. The fraction of sp³-hybridized carbons (Fsp3) is 0.562. The minimum atomic E-state index is -4.63. The highest BCUT2D eigenvalue weighted by Gasteiger charge is 2.34. The van der Waals surface area contributed by atoms with E-state index in [9.17, 15) is 22.4 Å². The van der Waals surface area contributed by atoms with Crippen molar-refractivity contribution < 1.29 is 22.4 Å². The largest absolute Gasteiger partial charge is 0.416 e. The molecule has 1 aromatic carbocycles. The molecule has 1 saturated heterocycles. The molecule has 1 aliphatic rings. The van der Waals surface area contributed by atoms with Crippen molar-refractivity contribution in [2.24, 2.45) is 5.92 Å². The Bertz CT molecular complexity index is 588. The van der Waals surface area contributed by atoms with Gasteiger partial charge in [-0.2, -0.15) is 13.2 Å². The van der Waals surface area contributed by atoms with Gasteiger partial charge in [0.05, 0.1) is 11.1 Å². The lowest BCUT2D eigenvalue weighted by Crippen LogP contribution is -2.49. The second kappa shape index (κ2) is 6.47. The van der Waals surface area contributed by atoms with Crippen molar-refractivity contribution >= 4 is 5.91 Å². The molecule has 2 atom stereocenters. The predicted octanol–water partition coefficient (Wildman–Crippen LogP) is 3.26. The second-order valence-electron chi connectivity index (χ2n) is 6.20. The minimum absolute atomic E-state index is 0.0552. The molecule has 1 amide bonds. The van der Waals surface area contributed by atoms with Gasteiger partial charge in [-0.05, 0) is 44.1 Å². The summed E-state index contributed by atoms with van der Waals surface area (Å²) in [6.07, 6.45) is -3.88. The molecule has 0 aliphatic carbocycles. The molecular formula is C16H20F4N2O. The van der Waals surface area contributed by atoms with E-state index in [4.69, 9.17) is 0 Å². The van der Waals surface area contributed by atoms with Gasteiger partial charge in [-0.1, -0.05) is 6.92 Å². The molecule has 0 spiro atoms. The molecule has 7 heteroatoms. The van der Waals surface area contributed by atoms with Gasteiger partial charge in [0.1, 0.15) is 5.82 Å². The molecule has 0 saturated carbocycles.